The average Bonchev–Trinajstić information content (AvgIpc) is 2.62. The fourth-order valence-corrected chi connectivity index (χ4v) is 4.29. The first-order valence-electron chi connectivity index (χ1n) is 5.59. The van der Waals surface area contributed by atoms with E-state index in [1.165, 1.54) is 6.26 Å². The van der Waals surface area contributed by atoms with Crippen molar-refractivity contribution in [2.75, 3.05) is 33.1 Å². The Morgan fingerprint density at radius 1 is 1.56 bits per heavy atom. The van der Waals surface area contributed by atoms with Crippen molar-refractivity contribution in [3.63, 3.8) is 0 Å². The molecule has 6 heteroatoms. The minimum absolute atomic E-state index is 0.356. The third-order valence-corrected chi connectivity index (χ3v) is 5.09. The van der Waals surface area contributed by atoms with Crippen LogP contribution in [0.3, 0.4) is 0 Å². The monoisotopic (exact) mass is 250 g/mol. The molecule has 0 amide bonds. The lowest BCUT2D eigenvalue weighted by Crippen LogP contribution is -2.59. The van der Waals surface area contributed by atoms with Gasteiger partial charge in [-0.05, 0) is 12.8 Å². The lowest BCUT2D eigenvalue weighted by molar-refractivity contribution is 0.185. The first-order valence-corrected chi connectivity index (χ1v) is 7.54. The molecule has 0 radical (unpaired) electrons. The zero-order valence-electron chi connectivity index (χ0n) is 10.0. The van der Waals surface area contributed by atoms with Gasteiger partial charge in [0, 0.05) is 32.0 Å². The van der Waals surface area contributed by atoms with E-state index in [-0.39, 0.29) is 5.25 Å². The van der Waals surface area contributed by atoms with Crippen molar-refractivity contribution in [1.29, 1.82) is 0 Å². The molecule has 1 saturated carbocycles. The second-order valence-corrected chi connectivity index (χ2v) is 6.72. The van der Waals surface area contributed by atoms with E-state index in [2.05, 4.69) is 5.32 Å². The van der Waals surface area contributed by atoms with Crippen LogP contribution in [0.2, 0.25) is 0 Å². The maximum atomic E-state index is 11.7. The normalized spacial score (nSPS) is 30.8. The van der Waals surface area contributed by atoms with Gasteiger partial charge in [0.25, 0.3) is 0 Å². The van der Waals surface area contributed by atoms with E-state index < -0.39 is 15.4 Å². The molecule has 1 fully saturated rings. The Labute approximate surface area is 97.6 Å². The van der Waals surface area contributed by atoms with Gasteiger partial charge in [-0.25, -0.2) is 8.42 Å². The van der Waals surface area contributed by atoms with Crippen LogP contribution in [0.5, 0.6) is 0 Å². The number of hydrogen-bond acceptors (Lipinski definition) is 5. The van der Waals surface area contributed by atoms with Crippen molar-refractivity contribution in [3.05, 3.63) is 0 Å². The molecule has 16 heavy (non-hydrogen) atoms. The van der Waals surface area contributed by atoms with E-state index in [0.717, 1.165) is 12.8 Å². The quantitative estimate of drug-likeness (QED) is 0.622. The van der Waals surface area contributed by atoms with E-state index in [1.54, 1.807) is 7.11 Å². The molecule has 3 N–H and O–H groups in total. The third kappa shape index (κ3) is 2.94. The maximum Gasteiger partial charge on any atom is 0.152 e. The van der Waals surface area contributed by atoms with E-state index in [4.69, 9.17) is 10.5 Å². The standard InChI is InChI=1S/C10H22N2O3S/c1-15-7-6-12-10(8-11)5-3-4-9(10)16(2,13)14/h9,12H,3-8,11H2,1-2H3. The predicted octanol–water partition coefficient (Wildman–Crippen LogP) is -0.483. The highest BCUT2D eigenvalue weighted by Gasteiger charge is 2.46. The number of sulfone groups is 1. The molecule has 0 aromatic rings. The summed E-state index contributed by atoms with van der Waals surface area (Å²) in [5, 5.41) is 2.91. The molecule has 1 aliphatic rings. The van der Waals surface area contributed by atoms with Crippen molar-refractivity contribution >= 4 is 9.84 Å². The molecule has 1 rings (SSSR count). The molecule has 2 atom stereocenters. The topological polar surface area (TPSA) is 81.4 Å². The van der Waals surface area contributed by atoms with Crippen LogP contribution in [0.4, 0.5) is 0 Å². The predicted molar refractivity (Wildman–Crippen MR) is 64.1 cm³/mol. The largest absolute Gasteiger partial charge is 0.383 e. The van der Waals surface area contributed by atoms with Crippen molar-refractivity contribution in [1.82, 2.24) is 5.32 Å². The highest BCUT2D eigenvalue weighted by Crippen LogP contribution is 2.33. The fraction of sp³-hybridized carbons (Fsp3) is 1.00. The molecule has 5 nitrogen and oxygen atoms in total. The number of ether oxygens (including phenoxy) is 1. The van der Waals surface area contributed by atoms with E-state index in [1.807, 2.05) is 0 Å². The van der Waals surface area contributed by atoms with Crippen LogP contribution >= 0.6 is 0 Å². The van der Waals surface area contributed by atoms with E-state index in [0.29, 0.717) is 26.1 Å². The van der Waals surface area contributed by atoms with Crippen LogP contribution in [0.25, 0.3) is 0 Å². The highest BCUT2D eigenvalue weighted by atomic mass is 32.2. The number of nitrogens with two attached hydrogens (primary N) is 1. The van der Waals surface area contributed by atoms with Crippen LogP contribution in [-0.2, 0) is 14.6 Å². The number of methoxy groups -OCH3 is 1. The smallest absolute Gasteiger partial charge is 0.152 e. The second-order valence-electron chi connectivity index (χ2n) is 4.49. The highest BCUT2D eigenvalue weighted by molar-refractivity contribution is 7.91. The summed E-state index contributed by atoms with van der Waals surface area (Å²) in [7, 11) is -1.42. The van der Waals surface area contributed by atoms with Crippen molar-refractivity contribution < 1.29 is 13.2 Å². The first-order chi connectivity index (χ1) is 7.46. The molecule has 1 aliphatic carbocycles. The van der Waals surface area contributed by atoms with Crippen LogP contribution in [0, 0.1) is 0 Å². The Bertz CT molecular complexity index is 318. The van der Waals surface area contributed by atoms with Crippen LogP contribution < -0.4 is 11.1 Å². The number of hydrogen-bond donors (Lipinski definition) is 2. The van der Waals surface area contributed by atoms with E-state index >= 15 is 0 Å². The van der Waals surface area contributed by atoms with Crippen LogP contribution in [0.15, 0.2) is 0 Å². The molecule has 0 aromatic heterocycles. The summed E-state index contributed by atoms with van der Waals surface area (Å²) in [5.41, 5.74) is 5.32. The number of nitrogens with one attached hydrogen (secondary N) is 1. The second kappa shape index (κ2) is 5.44. The molecule has 0 aliphatic heterocycles. The Morgan fingerprint density at radius 3 is 2.75 bits per heavy atom. The van der Waals surface area contributed by atoms with Crippen LogP contribution in [-0.4, -0.2) is 52.3 Å². The van der Waals surface area contributed by atoms with Crippen molar-refractivity contribution in [2.24, 2.45) is 5.73 Å². The summed E-state index contributed by atoms with van der Waals surface area (Å²) in [6, 6.07) is 0. The summed E-state index contributed by atoms with van der Waals surface area (Å²) in [6.45, 7) is 1.56. The third-order valence-electron chi connectivity index (χ3n) is 3.37. The van der Waals surface area contributed by atoms with Gasteiger partial charge in [-0.1, -0.05) is 6.42 Å². The summed E-state index contributed by atoms with van der Waals surface area (Å²) < 4.78 is 28.4. The van der Waals surface area contributed by atoms with Crippen molar-refractivity contribution in [3.8, 4) is 0 Å². The van der Waals surface area contributed by atoms with Gasteiger partial charge in [-0.2, -0.15) is 0 Å². The van der Waals surface area contributed by atoms with E-state index in [9.17, 15) is 8.42 Å². The zero-order chi connectivity index (χ0) is 12.2. The van der Waals surface area contributed by atoms with Gasteiger partial charge in [0.1, 0.15) is 0 Å². The summed E-state index contributed by atoms with van der Waals surface area (Å²) >= 11 is 0. The summed E-state index contributed by atoms with van der Waals surface area (Å²) in [4.78, 5) is 0. The van der Waals surface area contributed by atoms with Gasteiger partial charge in [0.05, 0.1) is 11.9 Å². The zero-order valence-corrected chi connectivity index (χ0v) is 10.8. The number of rotatable bonds is 6. The molecule has 0 spiro atoms. The van der Waals surface area contributed by atoms with Gasteiger partial charge in [0.2, 0.25) is 0 Å². The molecule has 0 aromatic carbocycles. The molecule has 0 saturated heterocycles. The van der Waals surface area contributed by atoms with Gasteiger partial charge in [0.15, 0.2) is 9.84 Å². The van der Waals surface area contributed by atoms with Gasteiger partial charge in [-0.15, -0.1) is 0 Å². The SMILES string of the molecule is COCCNC1(CN)CCCC1S(C)(=O)=O. The molecule has 2 unspecified atom stereocenters. The Kier molecular flexibility index (Phi) is 4.73. The van der Waals surface area contributed by atoms with Crippen LogP contribution in [0.1, 0.15) is 19.3 Å². The lowest BCUT2D eigenvalue weighted by atomic mass is 9.97. The summed E-state index contributed by atoms with van der Waals surface area (Å²) in [6.07, 6.45) is 3.74. The molecule has 96 valence electrons. The molecular weight excluding hydrogens is 228 g/mol. The molecular formula is C10H22N2O3S. The first kappa shape index (κ1) is 13.9. The fourth-order valence-electron chi connectivity index (χ4n) is 2.57. The lowest BCUT2D eigenvalue weighted by Gasteiger charge is -2.34. The minimum atomic E-state index is -3.04. The minimum Gasteiger partial charge on any atom is -0.383 e. The van der Waals surface area contributed by atoms with Gasteiger partial charge < -0.3 is 15.8 Å². The van der Waals surface area contributed by atoms with Gasteiger partial charge in [-0.3, -0.25) is 0 Å². The van der Waals surface area contributed by atoms with Gasteiger partial charge >= 0.3 is 0 Å². The maximum absolute atomic E-state index is 11.7. The molecule has 0 bridgehead atoms. The molecule has 0 heterocycles. The average molecular weight is 250 g/mol. The van der Waals surface area contributed by atoms with Crippen molar-refractivity contribution in [2.45, 2.75) is 30.1 Å². The Balaban J connectivity index is 2.76. The summed E-state index contributed by atoms with van der Waals surface area (Å²) in [5.74, 6) is 0. The Hall–Kier alpha value is -0.170. The Morgan fingerprint density at radius 2 is 2.25 bits per heavy atom.